The highest BCUT2D eigenvalue weighted by Gasteiger charge is 2.62. The molecule has 2 aromatic rings. The highest BCUT2D eigenvalue weighted by molar-refractivity contribution is 7.91. The van der Waals surface area contributed by atoms with Crippen molar-refractivity contribution >= 4 is 44.6 Å². The van der Waals surface area contributed by atoms with E-state index in [1.807, 2.05) is 19.1 Å². The van der Waals surface area contributed by atoms with Gasteiger partial charge in [-0.05, 0) is 94.1 Å². The molecule has 58 heavy (non-hydrogen) atoms. The Bertz CT molecular complexity index is 2150. The number of aromatic nitrogens is 2. The van der Waals surface area contributed by atoms with Crippen molar-refractivity contribution < 1.29 is 41.8 Å². The van der Waals surface area contributed by atoms with Crippen LogP contribution in [0.4, 0.5) is 0 Å². The summed E-state index contributed by atoms with van der Waals surface area (Å²) in [6, 6.07) is 3.91. The fraction of sp³-hybridized carbons (Fsp3) is 0.667. The van der Waals surface area contributed by atoms with Crippen LogP contribution in [-0.2, 0) is 40.5 Å². The number of hydrogen-bond acceptors (Lipinski definition) is 11. The first-order valence-corrected chi connectivity index (χ1v) is 22.7. The Balaban J connectivity index is 1.15. The van der Waals surface area contributed by atoms with E-state index in [0.29, 0.717) is 35.9 Å². The second-order valence-corrected chi connectivity index (χ2v) is 19.2. The van der Waals surface area contributed by atoms with Crippen LogP contribution in [0.5, 0.6) is 11.8 Å². The van der Waals surface area contributed by atoms with Crippen LogP contribution < -0.4 is 25.1 Å². The van der Waals surface area contributed by atoms with Gasteiger partial charge in [0.1, 0.15) is 29.5 Å². The van der Waals surface area contributed by atoms with Gasteiger partial charge in [0.2, 0.25) is 21.8 Å². The summed E-state index contributed by atoms with van der Waals surface area (Å²) in [5.74, 6) is -2.60. The Morgan fingerprint density at radius 1 is 0.983 bits per heavy atom. The van der Waals surface area contributed by atoms with Crippen molar-refractivity contribution in [2.24, 2.45) is 23.7 Å². The van der Waals surface area contributed by atoms with Gasteiger partial charge in [0, 0.05) is 19.0 Å². The number of nitrogens with zero attached hydrogens (tertiary/aromatic N) is 3. The number of ether oxygens (including phenoxy) is 3. The number of sulfonamides is 1. The zero-order valence-corrected chi connectivity index (χ0v) is 34.2. The molecule has 2 bridgehead atoms. The van der Waals surface area contributed by atoms with Crippen molar-refractivity contribution in [2.75, 3.05) is 13.7 Å². The molecular weight excluding hydrogens is 767 g/mol. The Kier molecular flexibility index (Phi) is 11.3. The van der Waals surface area contributed by atoms with E-state index in [0.717, 1.165) is 57.8 Å². The molecule has 1 aromatic heterocycles. The largest absolute Gasteiger partial charge is 0.497 e. The van der Waals surface area contributed by atoms with E-state index in [1.165, 1.54) is 16.6 Å². The summed E-state index contributed by atoms with van der Waals surface area (Å²) < 4.78 is 47.4. The maximum atomic E-state index is 15.0. The highest BCUT2D eigenvalue weighted by Crippen LogP contribution is 2.47. The van der Waals surface area contributed by atoms with Crippen molar-refractivity contribution in [2.45, 2.75) is 139 Å². The van der Waals surface area contributed by atoms with E-state index in [9.17, 15) is 32.4 Å². The quantitative estimate of drug-likeness (QED) is 0.290. The van der Waals surface area contributed by atoms with Crippen LogP contribution in [0.1, 0.15) is 103 Å². The number of hydrogen-bond donors (Lipinski definition) is 2. The first-order chi connectivity index (χ1) is 27.9. The third kappa shape index (κ3) is 8.09. The van der Waals surface area contributed by atoms with Gasteiger partial charge in [-0.3, -0.25) is 33.3 Å². The van der Waals surface area contributed by atoms with Gasteiger partial charge in [-0.25, -0.2) is 8.42 Å². The van der Waals surface area contributed by atoms with E-state index >= 15 is 0 Å². The number of rotatable bonds is 8. The molecule has 314 valence electrons. The van der Waals surface area contributed by atoms with Crippen molar-refractivity contribution in [3.8, 4) is 11.8 Å². The molecule has 0 radical (unpaired) electrons. The summed E-state index contributed by atoms with van der Waals surface area (Å²) in [5.41, 5.74) is -1.41. The number of allylic oxidation sites excluding steroid dienone is 2. The predicted octanol–water partition coefficient (Wildman–Crippen LogP) is 3.91. The Hall–Kier alpha value is -4.47. The Morgan fingerprint density at radius 2 is 1.76 bits per heavy atom. The lowest BCUT2D eigenvalue weighted by Crippen LogP contribution is -2.57. The van der Waals surface area contributed by atoms with Crippen molar-refractivity contribution in [3.05, 3.63) is 40.7 Å². The first-order valence-electron chi connectivity index (χ1n) is 21.2. The summed E-state index contributed by atoms with van der Waals surface area (Å²) >= 11 is 0. The molecule has 6 aliphatic rings. The molecule has 15 nitrogen and oxygen atoms in total. The standard InChI is InChI=1S/C42H55N5O10S/c1-3-27-23-42(27,40(52)45-58(53,54)30-16-17-30)44-37(49)34-21-29-24-47(34)39(51)32(25-10-6-7-11-25)22-36(48)57-35-14-9-13-26(35)12-5-4-8-19-46-38(50)31-18-15-28(55-2)20-33(31)43-41(46)56-29/h4,8,15,18,20,25-27,29-30,32,34-35H,3,5-7,9-14,16-17,19,21-24H2,1-2H3,(H,44,49)(H,45,52)/b8-4+/t26-,27-,29-,32+,34+,35-,42-/m1/s1. The number of carbonyl (C=O) groups is 4. The summed E-state index contributed by atoms with van der Waals surface area (Å²) in [6.07, 6.45) is 12.0. The van der Waals surface area contributed by atoms with Crippen LogP contribution in [0.25, 0.3) is 10.9 Å². The van der Waals surface area contributed by atoms with Gasteiger partial charge in [0.25, 0.3) is 17.5 Å². The topological polar surface area (TPSA) is 192 Å². The van der Waals surface area contributed by atoms with Crippen LogP contribution in [-0.4, -0.2) is 89.3 Å². The molecule has 1 aromatic carbocycles. The van der Waals surface area contributed by atoms with E-state index in [1.54, 1.807) is 18.2 Å². The molecule has 16 heteroatoms. The lowest BCUT2D eigenvalue weighted by Gasteiger charge is -2.32. The molecular formula is C42H55N5O10S. The van der Waals surface area contributed by atoms with E-state index in [2.05, 4.69) is 10.0 Å². The van der Waals surface area contributed by atoms with Gasteiger partial charge in [-0.2, -0.15) is 4.98 Å². The zero-order chi connectivity index (χ0) is 40.8. The minimum absolute atomic E-state index is 0.000117. The Morgan fingerprint density at radius 3 is 2.48 bits per heavy atom. The third-order valence-electron chi connectivity index (χ3n) is 13.5. The summed E-state index contributed by atoms with van der Waals surface area (Å²) in [4.78, 5) is 77.2. The lowest BCUT2D eigenvalue weighted by molar-refractivity contribution is -0.156. The highest BCUT2D eigenvalue weighted by atomic mass is 32.2. The van der Waals surface area contributed by atoms with Gasteiger partial charge < -0.3 is 24.4 Å². The summed E-state index contributed by atoms with van der Waals surface area (Å²) in [7, 11) is -2.36. The van der Waals surface area contributed by atoms with Crippen LogP contribution in [0, 0.1) is 23.7 Å². The maximum absolute atomic E-state index is 15.0. The van der Waals surface area contributed by atoms with E-state index < -0.39 is 56.7 Å². The minimum atomic E-state index is -3.89. The lowest BCUT2D eigenvalue weighted by atomic mass is 9.86. The first kappa shape index (κ1) is 40.3. The number of methoxy groups -OCH3 is 1. The number of esters is 1. The zero-order valence-electron chi connectivity index (χ0n) is 33.4. The number of amides is 3. The molecule has 5 fully saturated rings. The SMILES string of the molecule is CC[C@@H]1C[C@]1(NC(=O)[C@@H]1C[C@@H]2CN1C(=O)[C@H](C1CCCC1)CC(=O)O[C@@H]1CCC[C@H]1CC/C=C/Cn1c(nc3cc(OC)ccc3c1=O)O2)C(=O)NS(=O)(=O)C1CC1. The molecule has 2 N–H and O–H groups in total. The van der Waals surface area contributed by atoms with Gasteiger partial charge in [-0.1, -0.05) is 38.3 Å². The van der Waals surface area contributed by atoms with Crippen molar-refractivity contribution in [3.63, 3.8) is 0 Å². The smallest absolute Gasteiger partial charge is 0.306 e. The van der Waals surface area contributed by atoms with Crippen molar-refractivity contribution in [1.82, 2.24) is 24.5 Å². The average molecular weight is 822 g/mol. The molecule has 0 spiro atoms. The number of fused-ring (bicyclic) bond motifs is 5. The fourth-order valence-corrected chi connectivity index (χ4v) is 11.3. The normalized spacial score (nSPS) is 31.3. The molecule has 7 atom stereocenters. The molecule has 3 heterocycles. The number of nitrogens with one attached hydrogen (secondary N) is 2. The monoisotopic (exact) mass is 821 g/mol. The maximum Gasteiger partial charge on any atom is 0.306 e. The van der Waals surface area contributed by atoms with Gasteiger partial charge >= 0.3 is 5.97 Å². The Labute approximate surface area is 338 Å². The molecule has 1 saturated heterocycles. The van der Waals surface area contributed by atoms with Crippen LogP contribution in [0.3, 0.4) is 0 Å². The molecule has 4 aliphatic carbocycles. The number of benzene rings is 1. The minimum Gasteiger partial charge on any atom is -0.497 e. The van der Waals surface area contributed by atoms with Gasteiger partial charge in [0.05, 0.1) is 42.1 Å². The van der Waals surface area contributed by atoms with Crippen LogP contribution in [0.15, 0.2) is 35.1 Å². The second kappa shape index (κ2) is 16.3. The molecule has 3 amide bonds. The second-order valence-electron chi connectivity index (χ2n) is 17.2. The van der Waals surface area contributed by atoms with Crippen molar-refractivity contribution in [1.29, 1.82) is 0 Å². The van der Waals surface area contributed by atoms with Crippen LogP contribution >= 0.6 is 0 Å². The summed E-state index contributed by atoms with van der Waals surface area (Å²) in [6.45, 7) is 1.99. The van der Waals surface area contributed by atoms with Gasteiger partial charge in [-0.15, -0.1) is 0 Å². The molecule has 0 unspecified atom stereocenters. The molecule has 4 saturated carbocycles. The van der Waals surface area contributed by atoms with Crippen LogP contribution in [0.2, 0.25) is 0 Å². The molecule has 8 rings (SSSR count). The van der Waals surface area contributed by atoms with E-state index in [-0.39, 0.29) is 73.7 Å². The third-order valence-corrected chi connectivity index (χ3v) is 15.3. The fourth-order valence-electron chi connectivity index (χ4n) is 9.90. The average Bonchev–Trinajstić information content (AvgIpc) is 3.99. The molecule has 2 aliphatic heterocycles. The number of carbonyl (C=O) groups excluding carboxylic acids is 4. The predicted molar refractivity (Wildman–Crippen MR) is 212 cm³/mol. The summed E-state index contributed by atoms with van der Waals surface area (Å²) in [5, 5.41) is 2.66. The van der Waals surface area contributed by atoms with E-state index in [4.69, 9.17) is 19.2 Å². The van der Waals surface area contributed by atoms with Gasteiger partial charge in [0.15, 0.2) is 0 Å².